The van der Waals surface area contributed by atoms with Gasteiger partial charge in [0.1, 0.15) is 6.04 Å². The van der Waals surface area contributed by atoms with Crippen molar-refractivity contribution in [2.45, 2.75) is 43.6 Å². The van der Waals surface area contributed by atoms with Gasteiger partial charge in [0.15, 0.2) is 10.9 Å². The topological polar surface area (TPSA) is 92.9 Å². The van der Waals surface area contributed by atoms with Gasteiger partial charge in [-0.3, -0.25) is 14.5 Å². The Bertz CT molecular complexity index is 829. The van der Waals surface area contributed by atoms with E-state index in [1.807, 2.05) is 19.1 Å². The van der Waals surface area contributed by atoms with Crippen molar-refractivity contribution in [2.24, 2.45) is 0 Å². The highest BCUT2D eigenvalue weighted by molar-refractivity contribution is 8.00. The number of nitrogens with zero attached hydrogens (tertiary/aromatic N) is 2. The Morgan fingerprint density at radius 3 is 2.93 bits per heavy atom. The summed E-state index contributed by atoms with van der Waals surface area (Å²) in [5.41, 5.74) is 7.01. The van der Waals surface area contributed by atoms with Crippen LogP contribution in [0.25, 0.3) is 0 Å². The molecule has 27 heavy (non-hydrogen) atoms. The number of piperazine rings is 1. The molecule has 2 amide bonds. The van der Waals surface area contributed by atoms with Gasteiger partial charge in [-0.2, -0.15) is 0 Å². The van der Waals surface area contributed by atoms with Gasteiger partial charge in [-0.1, -0.05) is 17.7 Å². The second kappa shape index (κ2) is 6.44. The molecule has 0 spiro atoms. The molecule has 8 heteroatoms. The molecule has 3 saturated heterocycles. The fourth-order valence-corrected chi connectivity index (χ4v) is 5.87. The molecule has 7 nitrogen and oxygen atoms in total. The molecule has 0 bridgehead atoms. The Hall–Kier alpha value is -2.22. The molecule has 4 rings (SSSR count). The van der Waals surface area contributed by atoms with E-state index in [1.54, 1.807) is 17.9 Å². The Morgan fingerprint density at radius 1 is 1.41 bits per heavy atom. The number of amides is 2. The number of thioether (sulfide) groups is 1. The summed E-state index contributed by atoms with van der Waals surface area (Å²) >= 11 is 1.28. The summed E-state index contributed by atoms with van der Waals surface area (Å²) in [6.07, 6.45) is 1.41. The van der Waals surface area contributed by atoms with Crippen molar-refractivity contribution in [1.82, 2.24) is 9.80 Å². The third kappa shape index (κ3) is 2.46. The lowest BCUT2D eigenvalue weighted by molar-refractivity contribution is -0.171. The molecule has 1 aromatic rings. The average molecular weight is 389 g/mol. The lowest BCUT2D eigenvalue weighted by Crippen LogP contribution is -2.69. The lowest BCUT2D eigenvalue weighted by atomic mass is 9.83. The summed E-state index contributed by atoms with van der Waals surface area (Å²) < 4.78 is 5.19. The van der Waals surface area contributed by atoms with Gasteiger partial charge in [0.25, 0.3) is 5.91 Å². The molecule has 0 saturated carbocycles. The van der Waals surface area contributed by atoms with E-state index in [0.29, 0.717) is 24.2 Å². The van der Waals surface area contributed by atoms with Crippen LogP contribution in [-0.4, -0.2) is 57.9 Å². The van der Waals surface area contributed by atoms with Crippen molar-refractivity contribution in [2.75, 3.05) is 24.6 Å². The first kappa shape index (κ1) is 18.2. The zero-order valence-corrected chi connectivity index (χ0v) is 16.3. The number of ether oxygens (including phenoxy) is 1. The summed E-state index contributed by atoms with van der Waals surface area (Å²) in [7, 11) is 0. The van der Waals surface area contributed by atoms with Crippen LogP contribution in [0.15, 0.2) is 18.2 Å². The van der Waals surface area contributed by atoms with Crippen LogP contribution < -0.4 is 5.73 Å². The highest BCUT2D eigenvalue weighted by Gasteiger charge is 2.65. The quantitative estimate of drug-likeness (QED) is 0.618. The number of hydrogen-bond donors (Lipinski definition) is 1. The predicted octanol–water partition coefficient (Wildman–Crippen LogP) is 1.24. The molecule has 0 aromatic heterocycles. The largest absolute Gasteiger partial charge is 0.464 e. The van der Waals surface area contributed by atoms with Crippen LogP contribution in [0, 0.1) is 6.92 Å². The number of aryl methyl sites for hydroxylation is 1. The van der Waals surface area contributed by atoms with E-state index < -0.39 is 22.9 Å². The van der Waals surface area contributed by atoms with E-state index in [-0.39, 0.29) is 24.2 Å². The molecule has 0 aliphatic carbocycles. The fourth-order valence-electron chi connectivity index (χ4n) is 4.41. The maximum atomic E-state index is 13.7. The Morgan fingerprint density at radius 2 is 2.19 bits per heavy atom. The standard InChI is InChI=1S/C19H23N3O4S/c1-3-26-17(24)16-22-15(23)14-5-4-8-21(14)18(25)19(22,10-27-16)12-9-11(2)6-7-13(12)20/h6-7,9,14,16H,3-5,8,10,20H2,1-2H3/t14-,16-,19+/m0/s1. The van der Waals surface area contributed by atoms with Crippen LogP contribution in [0.3, 0.4) is 0 Å². The van der Waals surface area contributed by atoms with E-state index in [0.717, 1.165) is 12.0 Å². The number of benzene rings is 1. The van der Waals surface area contributed by atoms with Crippen LogP contribution in [0.1, 0.15) is 30.9 Å². The predicted molar refractivity (Wildman–Crippen MR) is 102 cm³/mol. The molecule has 144 valence electrons. The molecule has 2 N–H and O–H groups in total. The molecule has 3 heterocycles. The van der Waals surface area contributed by atoms with Gasteiger partial charge in [0.05, 0.1) is 6.61 Å². The number of carbonyl (C=O) groups is 3. The Labute approximate surface area is 162 Å². The highest BCUT2D eigenvalue weighted by atomic mass is 32.2. The Kier molecular flexibility index (Phi) is 4.33. The SMILES string of the molecule is CCOC(=O)[C@@H]1SC[C@@]2(c3cc(C)ccc3N)C(=O)N3CCC[C@H]3C(=O)N12. The van der Waals surface area contributed by atoms with Gasteiger partial charge in [-0.05, 0) is 32.8 Å². The zero-order valence-electron chi connectivity index (χ0n) is 15.4. The molecular weight excluding hydrogens is 366 g/mol. The Balaban J connectivity index is 1.90. The van der Waals surface area contributed by atoms with Gasteiger partial charge >= 0.3 is 5.97 Å². The zero-order chi connectivity index (χ0) is 19.3. The van der Waals surface area contributed by atoms with Crippen molar-refractivity contribution in [3.05, 3.63) is 29.3 Å². The van der Waals surface area contributed by atoms with Crippen molar-refractivity contribution in [3.63, 3.8) is 0 Å². The number of rotatable bonds is 3. The number of nitrogen functional groups attached to an aromatic ring is 1. The maximum absolute atomic E-state index is 13.7. The summed E-state index contributed by atoms with van der Waals surface area (Å²) in [5.74, 6) is -0.516. The smallest absolute Gasteiger partial charge is 0.339 e. The first-order valence-corrected chi connectivity index (χ1v) is 10.3. The van der Waals surface area contributed by atoms with E-state index in [1.165, 1.54) is 16.7 Å². The van der Waals surface area contributed by atoms with Crippen LogP contribution in [0.2, 0.25) is 0 Å². The molecule has 3 aliphatic rings. The summed E-state index contributed by atoms with van der Waals surface area (Å²) in [4.78, 5) is 42.8. The van der Waals surface area contributed by atoms with Gasteiger partial charge in [0, 0.05) is 23.5 Å². The number of anilines is 1. The molecule has 3 fully saturated rings. The van der Waals surface area contributed by atoms with E-state index in [4.69, 9.17) is 10.5 Å². The van der Waals surface area contributed by atoms with Crippen molar-refractivity contribution in [1.29, 1.82) is 0 Å². The van der Waals surface area contributed by atoms with Crippen LogP contribution in [-0.2, 0) is 24.7 Å². The number of nitrogens with two attached hydrogens (primary N) is 1. The first-order chi connectivity index (χ1) is 12.9. The number of carbonyl (C=O) groups excluding carboxylic acids is 3. The minimum Gasteiger partial charge on any atom is -0.464 e. The number of fused-ring (bicyclic) bond motifs is 2. The fraction of sp³-hybridized carbons (Fsp3) is 0.526. The van der Waals surface area contributed by atoms with Gasteiger partial charge in [-0.15, -0.1) is 11.8 Å². The van der Waals surface area contributed by atoms with E-state index in [2.05, 4.69) is 0 Å². The molecule has 0 unspecified atom stereocenters. The number of esters is 1. The lowest BCUT2D eigenvalue weighted by Gasteiger charge is -2.48. The van der Waals surface area contributed by atoms with Crippen LogP contribution in [0.5, 0.6) is 0 Å². The molecule has 3 aliphatic heterocycles. The third-order valence-electron chi connectivity index (χ3n) is 5.63. The molecule has 3 atom stereocenters. The van der Waals surface area contributed by atoms with Crippen molar-refractivity contribution in [3.8, 4) is 0 Å². The minimum atomic E-state index is -1.25. The summed E-state index contributed by atoms with van der Waals surface area (Å²) in [6, 6.07) is 5.00. The van der Waals surface area contributed by atoms with Gasteiger partial charge in [-0.25, -0.2) is 4.79 Å². The minimum absolute atomic E-state index is 0.138. The monoisotopic (exact) mass is 389 g/mol. The van der Waals surface area contributed by atoms with Gasteiger partial charge < -0.3 is 15.4 Å². The molecular formula is C19H23N3O4S. The van der Waals surface area contributed by atoms with E-state index in [9.17, 15) is 14.4 Å². The third-order valence-corrected chi connectivity index (χ3v) is 6.93. The van der Waals surface area contributed by atoms with Crippen LogP contribution in [0.4, 0.5) is 5.69 Å². The maximum Gasteiger partial charge on any atom is 0.339 e. The summed E-state index contributed by atoms with van der Waals surface area (Å²) in [5, 5.41) is -0.830. The van der Waals surface area contributed by atoms with Crippen molar-refractivity contribution < 1.29 is 19.1 Å². The van der Waals surface area contributed by atoms with Crippen LogP contribution >= 0.6 is 11.8 Å². The van der Waals surface area contributed by atoms with Gasteiger partial charge in [0.2, 0.25) is 5.91 Å². The number of hydrogen-bond acceptors (Lipinski definition) is 6. The van der Waals surface area contributed by atoms with E-state index >= 15 is 0 Å². The summed E-state index contributed by atoms with van der Waals surface area (Å²) in [6.45, 7) is 4.43. The average Bonchev–Trinajstić information content (AvgIpc) is 3.28. The van der Waals surface area contributed by atoms with Crippen molar-refractivity contribution >= 4 is 35.2 Å². The normalized spacial score (nSPS) is 29.7. The second-order valence-electron chi connectivity index (χ2n) is 7.23. The molecule has 0 radical (unpaired) electrons. The highest BCUT2D eigenvalue weighted by Crippen LogP contribution is 2.51. The first-order valence-electron chi connectivity index (χ1n) is 9.21. The molecule has 1 aromatic carbocycles. The second-order valence-corrected chi connectivity index (χ2v) is 8.30.